The van der Waals surface area contributed by atoms with E-state index in [4.69, 9.17) is 4.55 Å². The molecule has 1 aromatic rings. The van der Waals surface area contributed by atoms with Crippen LogP contribution in [0.4, 0.5) is 0 Å². The van der Waals surface area contributed by atoms with Crippen LogP contribution in [0.15, 0.2) is 18.2 Å². The Bertz CT molecular complexity index is 765. The van der Waals surface area contributed by atoms with Crippen LogP contribution in [0.25, 0.3) is 0 Å². The normalized spacial score (nSPS) is 36.6. The van der Waals surface area contributed by atoms with Crippen LogP contribution in [-0.4, -0.2) is 19.1 Å². The van der Waals surface area contributed by atoms with Gasteiger partial charge in [0.2, 0.25) is 0 Å². The molecule has 4 rings (SSSR count). The maximum absolute atomic E-state index is 12.4. The molecule has 0 aliphatic heterocycles. The zero-order valence-electron chi connectivity index (χ0n) is 14.8. The van der Waals surface area contributed by atoms with Crippen LogP contribution in [0.3, 0.4) is 0 Å². The fraction of sp³-hybridized carbons (Fsp3) is 0.667. The van der Waals surface area contributed by atoms with E-state index < -0.39 is 16.5 Å². The van der Waals surface area contributed by atoms with Crippen molar-refractivity contribution in [2.75, 3.05) is 0 Å². The number of benzene rings is 1. The summed E-state index contributed by atoms with van der Waals surface area (Å²) in [6.45, 7) is 2.19. The van der Waals surface area contributed by atoms with Crippen LogP contribution in [0, 0.1) is 17.3 Å². The van der Waals surface area contributed by atoms with Crippen LogP contribution < -0.4 is 38.8 Å². The van der Waals surface area contributed by atoms with Gasteiger partial charge in [0.15, 0.2) is 0 Å². The second kappa shape index (κ2) is 6.80. The molecule has 0 aromatic heterocycles. The van der Waals surface area contributed by atoms with Crippen molar-refractivity contribution in [3.8, 4) is 5.75 Å². The van der Waals surface area contributed by atoms with E-state index in [1.165, 1.54) is 5.56 Å². The monoisotopic (exact) mass is 374 g/mol. The molecule has 25 heavy (non-hydrogen) atoms. The third-order valence-electron chi connectivity index (χ3n) is 6.81. The third-order valence-corrected chi connectivity index (χ3v) is 7.22. The van der Waals surface area contributed by atoms with Gasteiger partial charge in [0, 0.05) is 0 Å². The van der Waals surface area contributed by atoms with E-state index in [1.807, 2.05) is 6.07 Å². The molecule has 3 unspecified atom stereocenters. The molecule has 0 heterocycles. The second-order valence-electron chi connectivity index (χ2n) is 7.90. The molecule has 3 aliphatic carbocycles. The molecule has 2 fully saturated rings. The summed E-state index contributed by atoms with van der Waals surface area (Å²) >= 11 is 0. The molecule has 0 spiro atoms. The van der Waals surface area contributed by atoms with Gasteiger partial charge in [-0.25, -0.2) is 0 Å². The summed E-state index contributed by atoms with van der Waals surface area (Å²) in [6.07, 6.45) is 5.35. The molecule has 132 valence electrons. The molecule has 1 N–H and O–H groups in total. The Labute approximate surface area is 171 Å². The molecular weight excluding hydrogens is 351 g/mol. The van der Waals surface area contributed by atoms with Gasteiger partial charge in [0.25, 0.3) is 0 Å². The van der Waals surface area contributed by atoms with Crippen molar-refractivity contribution in [1.29, 1.82) is 0 Å². The van der Waals surface area contributed by atoms with Crippen molar-refractivity contribution in [3.63, 3.8) is 0 Å². The van der Waals surface area contributed by atoms with Crippen molar-refractivity contribution < 1.29 is 51.8 Å². The summed E-state index contributed by atoms with van der Waals surface area (Å²) in [5, 5.41) is 12.4. The molecule has 0 amide bonds. The van der Waals surface area contributed by atoms with Gasteiger partial charge < -0.3 is 9.29 Å². The van der Waals surface area contributed by atoms with Crippen molar-refractivity contribution in [2.24, 2.45) is 17.3 Å². The van der Waals surface area contributed by atoms with Gasteiger partial charge in [0.05, 0.1) is 0 Å². The van der Waals surface area contributed by atoms with Crippen LogP contribution in [0.5, 0.6) is 5.75 Å². The third kappa shape index (κ3) is 3.42. The van der Waals surface area contributed by atoms with Crippen LogP contribution in [0.1, 0.15) is 56.1 Å². The molecule has 1 aromatic carbocycles. The minimum Gasteiger partial charge on any atom is -0.852 e. The summed E-state index contributed by atoms with van der Waals surface area (Å²) in [6, 6.07) is 5.30. The van der Waals surface area contributed by atoms with E-state index in [0.29, 0.717) is 17.8 Å². The first-order valence-electron chi connectivity index (χ1n) is 8.73. The Morgan fingerprint density at radius 2 is 2.00 bits per heavy atom. The Balaban J connectivity index is 0.00000182. The molecule has 5 nitrogen and oxygen atoms in total. The minimum absolute atomic E-state index is 0. The average Bonchev–Trinajstić information content (AvgIpc) is 2.81. The molecule has 0 bridgehead atoms. The summed E-state index contributed by atoms with van der Waals surface area (Å²) in [4.78, 5) is 0. The molecular formula is C18H23NaO5S. The maximum atomic E-state index is 12.4. The molecule has 3 aliphatic rings. The minimum atomic E-state index is -4.49. The standard InChI is InChI=1S/C18H23O5S.Na/c1-18-9-8-14-13-5-3-12(23-24(20,21)22)10-11(13)2-4-15(14)16(18)6-7-17(18)19;/h3,5,10,14-17H,2,4,6-9H2,1H3,(H,20,21,22);/q-1;+1/t14?,15?,16?,17-,18+;/m1./s1. The summed E-state index contributed by atoms with van der Waals surface area (Å²) in [7, 11) is -4.49. The summed E-state index contributed by atoms with van der Waals surface area (Å²) in [5.74, 6) is 1.69. The van der Waals surface area contributed by atoms with E-state index in [9.17, 15) is 13.5 Å². The molecule has 5 atom stereocenters. The van der Waals surface area contributed by atoms with Gasteiger partial charge in [-0.2, -0.15) is 8.42 Å². The quantitative estimate of drug-likeness (QED) is 0.555. The predicted octanol–water partition coefficient (Wildman–Crippen LogP) is -0.543. The molecule has 0 saturated heterocycles. The van der Waals surface area contributed by atoms with E-state index in [0.717, 1.165) is 44.1 Å². The topological polar surface area (TPSA) is 86.7 Å². The second-order valence-corrected chi connectivity index (χ2v) is 8.92. The fourth-order valence-corrected chi connectivity index (χ4v) is 6.03. The Morgan fingerprint density at radius 1 is 1.24 bits per heavy atom. The van der Waals surface area contributed by atoms with Crippen LogP contribution >= 0.6 is 0 Å². The van der Waals surface area contributed by atoms with E-state index in [2.05, 4.69) is 11.1 Å². The largest absolute Gasteiger partial charge is 1.00 e. The van der Waals surface area contributed by atoms with Gasteiger partial charge in [-0.15, -0.1) is 6.10 Å². The first-order chi connectivity index (χ1) is 11.3. The first kappa shape index (κ1) is 19.6. The summed E-state index contributed by atoms with van der Waals surface area (Å²) in [5.41, 5.74) is 2.33. The van der Waals surface area contributed by atoms with Gasteiger partial charge in [-0.1, -0.05) is 25.8 Å². The van der Waals surface area contributed by atoms with E-state index in [1.54, 1.807) is 12.1 Å². The van der Waals surface area contributed by atoms with Gasteiger partial charge in [0.1, 0.15) is 5.75 Å². The number of hydrogen-bond acceptors (Lipinski definition) is 4. The average molecular weight is 374 g/mol. The zero-order valence-corrected chi connectivity index (χ0v) is 17.6. The molecule has 0 radical (unpaired) electrons. The maximum Gasteiger partial charge on any atom is 1.00 e. The van der Waals surface area contributed by atoms with Gasteiger partial charge in [-0.3, -0.25) is 4.55 Å². The van der Waals surface area contributed by atoms with Crippen molar-refractivity contribution in [1.82, 2.24) is 0 Å². The van der Waals surface area contributed by atoms with Gasteiger partial charge in [-0.05, 0) is 72.1 Å². The van der Waals surface area contributed by atoms with E-state index >= 15 is 0 Å². The smallest absolute Gasteiger partial charge is 0.852 e. The van der Waals surface area contributed by atoms with Gasteiger partial charge >= 0.3 is 40.0 Å². The van der Waals surface area contributed by atoms with E-state index in [-0.39, 0.29) is 40.7 Å². The van der Waals surface area contributed by atoms with Crippen molar-refractivity contribution in [3.05, 3.63) is 29.3 Å². The fourth-order valence-electron chi connectivity index (χ4n) is 5.68. The molecule has 7 heteroatoms. The molecule has 2 saturated carbocycles. The SMILES string of the molecule is C[C@]12CCC3c4ccc(OS(=O)(=O)O)cc4CCC3C1CC[C@H]2[O-].[Na+]. The zero-order chi connectivity index (χ0) is 17.1. The van der Waals surface area contributed by atoms with Crippen LogP contribution in [0.2, 0.25) is 0 Å². The van der Waals surface area contributed by atoms with Crippen molar-refractivity contribution >= 4 is 10.4 Å². The first-order valence-corrected chi connectivity index (χ1v) is 10.1. The van der Waals surface area contributed by atoms with Crippen LogP contribution in [-0.2, 0) is 16.8 Å². The predicted molar refractivity (Wildman–Crippen MR) is 87.0 cm³/mol. The van der Waals surface area contributed by atoms with Crippen molar-refractivity contribution in [2.45, 2.75) is 57.5 Å². The number of rotatable bonds is 2. The summed E-state index contributed by atoms with van der Waals surface area (Å²) < 4.78 is 35.2. The number of aryl methyl sites for hydroxylation is 1. The Morgan fingerprint density at radius 3 is 2.72 bits per heavy atom. The Kier molecular flexibility index (Phi) is 5.35. The number of fused-ring (bicyclic) bond motifs is 5. The Hall–Kier alpha value is -0.110. The number of hydrogen-bond donors (Lipinski definition) is 1.